The predicted octanol–water partition coefficient (Wildman–Crippen LogP) is 0.785. The van der Waals surface area contributed by atoms with Gasteiger partial charge in [-0.3, -0.25) is 4.21 Å². The van der Waals surface area contributed by atoms with Crippen LogP contribution < -0.4 is 5.73 Å². The molecule has 0 aromatic heterocycles. The van der Waals surface area contributed by atoms with Gasteiger partial charge in [0.25, 0.3) is 0 Å². The van der Waals surface area contributed by atoms with Gasteiger partial charge in [0.15, 0.2) is 0 Å². The summed E-state index contributed by atoms with van der Waals surface area (Å²) in [5, 5.41) is 8.73. The molecule has 0 bridgehead atoms. The second-order valence-electron chi connectivity index (χ2n) is 4.56. The first-order chi connectivity index (χ1) is 8.22. The number of fused-ring (bicyclic) bond motifs is 1. The molecular formula is C13H19NO2S. The van der Waals surface area contributed by atoms with Crippen molar-refractivity contribution in [3.63, 3.8) is 0 Å². The van der Waals surface area contributed by atoms with Crippen LogP contribution in [0.15, 0.2) is 24.3 Å². The zero-order valence-corrected chi connectivity index (χ0v) is 10.7. The minimum Gasteiger partial charge on any atom is -0.396 e. The molecule has 2 unspecified atom stereocenters. The van der Waals surface area contributed by atoms with Gasteiger partial charge in [0.1, 0.15) is 0 Å². The molecule has 0 fully saturated rings. The quantitative estimate of drug-likeness (QED) is 0.815. The summed E-state index contributed by atoms with van der Waals surface area (Å²) in [4.78, 5) is 0. The summed E-state index contributed by atoms with van der Waals surface area (Å²) in [5.41, 5.74) is 8.68. The third kappa shape index (κ3) is 2.94. The lowest BCUT2D eigenvalue weighted by Crippen LogP contribution is -2.29. The summed E-state index contributed by atoms with van der Waals surface area (Å²) in [6, 6.07) is 8.32. The fraction of sp³-hybridized carbons (Fsp3) is 0.538. The Balaban J connectivity index is 2.04. The number of nitrogens with two attached hydrogens (primary N) is 1. The Morgan fingerprint density at radius 3 is 2.94 bits per heavy atom. The van der Waals surface area contributed by atoms with Crippen LogP contribution in [0.1, 0.15) is 23.5 Å². The average Bonchev–Trinajstić information content (AvgIpc) is 2.64. The first-order valence-electron chi connectivity index (χ1n) is 6.01. The molecule has 0 aliphatic heterocycles. The van der Waals surface area contributed by atoms with Gasteiger partial charge in [0, 0.05) is 40.9 Å². The Morgan fingerprint density at radius 2 is 2.18 bits per heavy atom. The Hall–Kier alpha value is -0.710. The molecule has 3 nitrogen and oxygen atoms in total. The first kappa shape index (κ1) is 12.7. The van der Waals surface area contributed by atoms with Crippen LogP contribution in [0.25, 0.3) is 0 Å². The molecule has 3 N–H and O–H groups in total. The summed E-state index contributed by atoms with van der Waals surface area (Å²) >= 11 is 0. The highest BCUT2D eigenvalue weighted by Crippen LogP contribution is 2.32. The largest absolute Gasteiger partial charge is 0.396 e. The molecule has 1 aliphatic rings. The Morgan fingerprint density at radius 1 is 1.41 bits per heavy atom. The third-order valence-electron chi connectivity index (χ3n) is 3.32. The number of aliphatic hydroxyl groups is 1. The number of hydrogen-bond acceptors (Lipinski definition) is 3. The zero-order chi connectivity index (χ0) is 12.3. The summed E-state index contributed by atoms with van der Waals surface area (Å²) < 4.78 is 11.9. The van der Waals surface area contributed by atoms with E-state index < -0.39 is 10.8 Å². The highest BCUT2D eigenvalue weighted by Gasteiger charge is 2.30. The lowest BCUT2D eigenvalue weighted by molar-refractivity contribution is 0.296. The van der Waals surface area contributed by atoms with E-state index in [1.165, 1.54) is 11.1 Å². The second-order valence-corrected chi connectivity index (χ2v) is 6.18. The Kier molecular flexibility index (Phi) is 4.31. The van der Waals surface area contributed by atoms with Crippen LogP contribution in [0.5, 0.6) is 0 Å². The maximum atomic E-state index is 11.9. The van der Waals surface area contributed by atoms with Crippen LogP contribution >= 0.6 is 0 Å². The first-order valence-corrected chi connectivity index (χ1v) is 7.50. The van der Waals surface area contributed by atoms with Gasteiger partial charge in [-0.25, -0.2) is 0 Å². The Bertz CT molecular complexity index is 408. The topological polar surface area (TPSA) is 63.3 Å². The fourth-order valence-electron chi connectivity index (χ4n) is 2.43. The van der Waals surface area contributed by atoms with Gasteiger partial charge in [-0.05, 0) is 24.0 Å². The smallest absolute Gasteiger partial charge is 0.0439 e. The van der Waals surface area contributed by atoms with E-state index in [2.05, 4.69) is 12.1 Å². The predicted molar refractivity (Wildman–Crippen MR) is 70.4 cm³/mol. The summed E-state index contributed by atoms with van der Waals surface area (Å²) in [5.74, 6) is 1.41. The molecule has 1 aromatic carbocycles. The van der Waals surface area contributed by atoms with Crippen LogP contribution in [-0.2, 0) is 17.2 Å². The van der Waals surface area contributed by atoms with Crippen LogP contribution in [0.2, 0.25) is 0 Å². The van der Waals surface area contributed by atoms with Crippen molar-refractivity contribution in [2.45, 2.75) is 24.8 Å². The van der Waals surface area contributed by atoms with Crippen molar-refractivity contribution in [2.24, 2.45) is 5.73 Å². The molecule has 17 heavy (non-hydrogen) atoms. The van der Waals surface area contributed by atoms with Crippen molar-refractivity contribution in [2.75, 3.05) is 18.1 Å². The summed E-state index contributed by atoms with van der Waals surface area (Å²) in [7, 11) is -0.878. The summed E-state index contributed by atoms with van der Waals surface area (Å²) in [6.45, 7) is 0.110. The van der Waals surface area contributed by atoms with Crippen molar-refractivity contribution in [3.8, 4) is 0 Å². The third-order valence-corrected chi connectivity index (χ3v) is 4.80. The maximum absolute atomic E-state index is 11.9. The second kappa shape index (κ2) is 5.76. The van der Waals surface area contributed by atoms with Crippen LogP contribution in [-0.4, -0.2) is 33.5 Å². The van der Waals surface area contributed by atoms with Crippen LogP contribution in [0.3, 0.4) is 0 Å². The van der Waals surface area contributed by atoms with Gasteiger partial charge < -0.3 is 10.8 Å². The molecule has 1 aromatic rings. The van der Waals surface area contributed by atoms with E-state index in [0.717, 1.165) is 6.42 Å². The van der Waals surface area contributed by atoms with E-state index in [1.54, 1.807) is 0 Å². The monoisotopic (exact) mass is 253 g/mol. The number of aliphatic hydroxyl groups excluding tert-OH is 1. The van der Waals surface area contributed by atoms with Gasteiger partial charge in [0.2, 0.25) is 0 Å². The summed E-state index contributed by atoms with van der Waals surface area (Å²) in [6.07, 6.45) is 1.49. The van der Waals surface area contributed by atoms with E-state index in [1.807, 2.05) is 12.1 Å². The molecule has 0 heterocycles. The number of rotatable bonds is 5. The van der Waals surface area contributed by atoms with Gasteiger partial charge >= 0.3 is 0 Å². The molecule has 0 saturated carbocycles. The normalized spacial score (nSPS) is 24.6. The van der Waals surface area contributed by atoms with Crippen molar-refractivity contribution in [3.05, 3.63) is 35.4 Å². The average molecular weight is 253 g/mol. The molecule has 4 heteroatoms. The van der Waals surface area contributed by atoms with Crippen molar-refractivity contribution < 1.29 is 9.32 Å². The molecule has 0 radical (unpaired) electrons. The molecule has 0 amide bonds. The van der Waals surface area contributed by atoms with Gasteiger partial charge in [-0.2, -0.15) is 0 Å². The molecule has 0 saturated heterocycles. The molecule has 94 valence electrons. The lowest BCUT2D eigenvalue weighted by atomic mass is 10.0. The van der Waals surface area contributed by atoms with Crippen molar-refractivity contribution in [1.29, 1.82) is 0 Å². The molecular weight excluding hydrogens is 234 g/mol. The van der Waals surface area contributed by atoms with E-state index in [0.29, 0.717) is 17.9 Å². The highest BCUT2D eigenvalue weighted by atomic mass is 32.2. The number of hydrogen-bond donors (Lipinski definition) is 2. The van der Waals surface area contributed by atoms with Gasteiger partial charge in [-0.1, -0.05) is 24.3 Å². The molecule has 1 aliphatic carbocycles. The zero-order valence-electron chi connectivity index (χ0n) is 9.84. The van der Waals surface area contributed by atoms with E-state index in [-0.39, 0.29) is 18.6 Å². The van der Waals surface area contributed by atoms with E-state index in [4.69, 9.17) is 10.8 Å². The number of benzene rings is 1. The van der Waals surface area contributed by atoms with Crippen LogP contribution in [0.4, 0.5) is 0 Å². The van der Waals surface area contributed by atoms with Crippen molar-refractivity contribution >= 4 is 10.8 Å². The Labute approximate surface area is 104 Å². The van der Waals surface area contributed by atoms with Crippen molar-refractivity contribution in [1.82, 2.24) is 0 Å². The molecule has 0 spiro atoms. The fourth-order valence-corrected chi connectivity index (χ4v) is 3.88. The van der Waals surface area contributed by atoms with E-state index >= 15 is 0 Å². The molecule has 2 rings (SSSR count). The standard InChI is InChI=1S/C13H19NO2S/c14-13-8-10-4-1-2-5-11(10)12(13)9-17(16)7-3-6-15/h1-2,4-5,12-13,15H,3,6-9,14H2/t12-,13?,17?/m1/s1. The van der Waals surface area contributed by atoms with E-state index in [9.17, 15) is 4.21 Å². The maximum Gasteiger partial charge on any atom is 0.0439 e. The van der Waals surface area contributed by atoms with Gasteiger partial charge in [-0.15, -0.1) is 0 Å². The lowest BCUT2D eigenvalue weighted by Gasteiger charge is -2.16. The minimum absolute atomic E-state index is 0.0884. The highest BCUT2D eigenvalue weighted by molar-refractivity contribution is 7.85. The van der Waals surface area contributed by atoms with Crippen LogP contribution in [0, 0.1) is 0 Å². The SMILES string of the molecule is NC1Cc2ccccc2[C@H]1CS(=O)CCCO. The van der Waals surface area contributed by atoms with Gasteiger partial charge in [0.05, 0.1) is 0 Å². The molecule has 3 atom stereocenters. The minimum atomic E-state index is -0.878.